The van der Waals surface area contributed by atoms with Crippen molar-refractivity contribution in [2.75, 3.05) is 5.88 Å². The van der Waals surface area contributed by atoms with Crippen molar-refractivity contribution in [1.29, 1.82) is 0 Å². The van der Waals surface area contributed by atoms with E-state index in [1.165, 1.54) is 4.68 Å². The summed E-state index contributed by atoms with van der Waals surface area (Å²) in [5.74, 6) is 0.481. The van der Waals surface area contributed by atoms with Gasteiger partial charge < -0.3 is 0 Å². The smallest absolute Gasteiger partial charge is 0.267 e. The highest BCUT2D eigenvalue weighted by molar-refractivity contribution is 6.30. The highest BCUT2D eigenvalue weighted by Crippen LogP contribution is 2.25. The number of halogens is 2. The zero-order chi connectivity index (χ0) is 15.5. The van der Waals surface area contributed by atoms with Crippen LogP contribution in [0.4, 0.5) is 0 Å². The molecular formula is C16H13Cl2N3O. The van der Waals surface area contributed by atoms with Gasteiger partial charge in [-0.1, -0.05) is 29.8 Å². The van der Waals surface area contributed by atoms with Crippen LogP contribution in [0, 0.1) is 0 Å². The number of fused-ring (bicyclic) bond motifs is 1. The number of pyridine rings is 1. The molecule has 2 heterocycles. The maximum absolute atomic E-state index is 12.5. The second-order valence-corrected chi connectivity index (χ2v) is 5.67. The van der Waals surface area contributed by atoms with Gasteiger partial charge in [0, 0.05) is 35.8 Å². The van der Waals surface area contributed by atoms with Crippen molar-refractivity contribution in [1.82, 2.24) is 14.8 Å². The molecule has 0 amide bonds. The molecular weight excluding hydrogens is 321 g/mol. The molecule has 0 aliphatic rings. The van der Waals surface area contributed by atoms with Gasteiger partial charge in [-0.3, -0.25) is 9.78 Å². The number of rotatable bonds is 4. The monoisotopic (exact) mass is 333 g/mol. The molecule has 0 atom stereocenters. The summed E-state index contributed by atoms with van der Waals surface area (Å²) in [7, 11) is 0. The Morgan fingerprint density at radius 3 is 2.64 bits per heavy atom. The van der Waals surface area contributed by atoms with Crippen LogP contribution in [0.15, 0.2) is 47.5 Å². The Morgan fingerprint density at radius 2 is 1.91 bits per heavy atom. The topological polar surface area (TPSA) is 47.8 Å². The van der Waals surface area contributed by atoms with E-state index in [0.717, 1.165) is 10.9 Å². The average molecular weight is 334 g/mol. The quantitative estimate of drug-likeness (QED) is 0.683. The number of alkyl halides is 1. The molecule has 0 spiro atoms. The molecule has 6 heteroatoms. The summed E-state index contributed by atoms with van der Waals surface area (Å²) in [6.45, 7) is 0.480. The van der Waals surface area contributed by atoms with Crippen LogP contribution in [-0.4, -0.2) is 20.6 Å². The summed E-state index contributed by atoms with van der Waals surface area (Å²) in [4.78, 5) is 16.6. The average Bonchev–Trinajstić information content (AvgIpc) is 2.54. The zero-order valence-corrected chi connectivity index (χ0v) is 13.2. The van der Waals surface area contributed by atoms with E-state index in [2.05, 4.69) is 10.1 Å². The first-order valence-electron chi connectivity index (χ1n) is 6.87. The Kier molecular flexibility index (Phi) is 4.41. The number of hydrogen-bond donors (Lipinski definition) is 0. The van der Waals surface area contributed by atoms with E-state index in [0.29, 0.717) is 34.9 Å². The van der Waals surface area contributed by atoms with Crippen molar-refractivity contribution >= 4 is 34.0 Å². The normalized spacial score (nSPS) is 11.0. The molecule has 0 saturated heterocycles. The lowest BCUT2D eigenvalue weighted by Gasteiger charge is -2.10. The van der Waals surface area contributed by atoms with Crippen molar-refractivity contribution in [3.05, 3.63) is 58.1 Å². The van der Waals surface area contributed by atoms with E-state index in [1.807, 2.05) is 18.2 Å². The molecule has 3 rings (SSSR count). The van der Waals surface area contributed by atoms with E-state index in [4.69, 9.17) is 23.2 Å². The number of nitrogens with zero attached hydrogens (tertiary/aromatic N) is 3. The van der Waals surface area contributed by atoms with Gasteiger partial charge in [0.1, 0.15) is 5.69 Å². The summed E-state index contributed by atoms with van der Waals surface area (Å²) in [5.41, 5.74) is 1.36. The van der Waals surface area contributed by atoms with Crippen LogP contribution in [0.5, 0.6) is 0 Å². The molecule has 0 N–H and O–H groups in total. The van der Waals surface area contributed by atoms with Crippen LogP contribution in [0.3, 0.4) is 0 Å². The number of aromatic nitrogens is 3. The van der Waals surface area contributed by atoms with Gasteiger partial charge in [-0.05, 0) is 18.6 Å². The molecule has 2 aromatic heterocycles. The van der Waals surface area contributed by atoms with Crippen molar-refractivity contribution in [3.63, 3.8) is 0 Å². The molecule has 112 valence electrons. The molecule has 0 radical (unpaired) electrons. The molecule has 1 aromatic carbocycles. The van der Waals surface area contributed by atoms with Gasteiger partial charge in [-0.2, -0.15) is 5.10 Å². The van der Waals surface area contributed by atoms with Gasteiger partial charge in [-0.25, -0.2) is 4.68 Å². The number of benzene rings is 1. The van der Waals surface area contributed by atoms with Crippen LogP contribution < -0.4 is 5.56 Å². The number of aryl methyl sites for hydroxylation is 1. The van der Waals surface area contributed by atoms with E-state index in [1.54, 1.807) is 24.5 Å². The van der Waals surface area contributed by atoms with Gasteiger partial charge in [0.25, 0.3) is 5.56 Å². The minimum atomic E-state index is -0.112. The molecule has 0 aliphatic heterocycles. The predicted octanol–water partition coefficient (Wildman–Crippen LogP) is 3.74. The first-order valence-corrected chi connectivity index (χ1v) is 7.78. The number of hydrogen-bond acceptors (Lipinski definition) is 3. The largest absolute Gasteiger partial charge is 0.274 e. The van der Waals surface area contributed by atoms with Crippen molar-refractivity contribution in [3.8, 4) is 11.3 Å². The standard InChI is InChI=1S/C16H13Cl2N3O/c17-6-3-7-21-16(22)14-5-2-1-4-13(14)15(20-21)11-8-12(18)10-19-9-11/h1-2,4-5,8-10H,3,6-7H2. The Balaban J connectivity index is 2.28. The third-order valence-electron chi connectivity index (χ3n) is 3.35. The predicted molar refractivity (Wildman–Crippen MR) is 89.6 cm³/mol. The van der Waals surface area contributed by atoms with Crippen LogP contribution in [0.25, 0.3) is 22.0 Å². The fourth-order valence-corrected chi connectivity index (χ4v) is 2.64. The van der Waals surface area contributed by atoms with Gasteiger partial charge in [-0.15, -0.1) is 11.6 Å². The molecule has 22 heavy (non-hydrogen) atoms. The molecule has 3 aromatic rings. The first kappa shape index (κ1) is 15.0. The van der Waals surface area contributed by atoms with Crippen molar-refractivity contribution in [2.24, 2.45) is 0 Å². The molecule has 0 fully saturated rings. The van der Waals surface area contributed by atoms with E-state index in [9.17, 15) is 4.79 Å². The lowest BCUT2D eigenvalue weighted by molar-refractivity contribution is 0.578. The third kappa shape index (κ3) is 2.85. The molecule has 0 saturated carbocycles. The summed E-state index contributed by atoms with van der Waals surface area (Å²) in [6, 6.07) is 9.20. The fraction of sp³-hybridized carbons (Fsp3) is 0.188. The summed E-state index contributed by atoms with van der Waals surface area (Å²) in [6.07, 6.45) is 3.94. The third-order valence-corrected chi connectivity index (χ3v) is 3.82. The van der Waals surface area contributed by atoms with Gasteiger partial charge in [0.2, 0.25) is 0 Å². The Morgan fingerprint density at radius 1 is 1.14 bits per heavy atom. The van der Waals surface area contributed by atoms with Crippen LogP contribution in [0.1, 0.15) is 6.42 Å². The summed E-state index contributed by atoms with van der Waals surface area (Å²) in [5, 5.41) is 6.44. The Labute approximate surface area is 137 Å². The van der Waals surface area contributed by atoms with Crippen molar-refractivity contribution < 1.29 is 0 Å². The maximum Gasteiger partial charge on any atom is 0.274 e. The highest BCUT2D eigenvalue weighted by atomic mass is 35.5. The molecule has 4 nitrogen and oxygen atoms in total. The van der Waals surface area contributed by atoms with Crippen LogP contribution in [0.2, 0.25) is 5.02 Å². The van der Waals surface area contributed by atoms with Crippen LogP contribution >= 0.6 is 23.2 Å². The highest BCUT2D eigenvalue weighted by Gasteiger charge is 2.12. The van der Waals surface area contributed by atoms with Crippen molar-refractivity contribution in [2.45, 2.75) is 13.0 Å². The Bertz CT molecular complexity index is 877. The fourth-order valence-electron chi connectivity index (χ4n) is 2.35. The van der Waals surface area contributed by atoms with Gasteiger partial charge >= 0.3 is 0 Å². The Hall–Kier alpha value is -1.91. The molecule has 0 aliphatic carbocycles. The SMILES string of the molecule is O=c1c2ccccc2c(-c2cncc(Cl)c2)nn1CCCCl. The van der Waals surface area contributed by atoms with Crippen LogP contribution in [-0.2, 0) is 6.54 Å². The zero-order valence-electron chi connectivity index (χ0n) is 11.7. The van der Waals surface area contributed by atoms with E-state index in [-0.39, 0.29) is 5.56 Å². The summed E-state index contributed by atoms with van der Waals surface area (Å²) < 4.78 is 1.46. The molecule has 0 unspecified atom stereocenters. The minimum absolute atomic E-state index is 0.112. The minimum Gasteiger partial charge on any atom is -0.267 e. The maximum atomic E-state index is 12.5. The van der Waals surface area contributed by atoms with E-state index >= 15 is 0 Å². The van der Waals surface area contributed by atoms with Gasteiger partial charge in [0.15, 0.2) is 0 Å². The lowest BCUT2D eigenvalue weighted by Crippen LogP contribution is -2.24. The second kappa shape index (κ2) is 6.46. The summed E-state index contributed by atoms with van der Waals surface area (Å²) >= 11 is 11.8. The second-order valence-electron chi connectivity index (χ2n) is 4.86. The first-order chi connectivity index (χ1) is 10.7. The lowest BCUT2D eigenvalue weighted by atomic mass is 10.1. The molecule has 0 bridgehead atoms. The van der Waals surface area contributed by atoms with E-state index < -0.39 is 0 Å². The van der Waals surface area contributed by atoms with Gasteiger partial charge in [0.05, 0.1) is 10.4 Å².